The van der Waals surface area contributed by atoms with Gasteiger partial charge >= 0.3 is 0 Å². The van der Waals surface area contributed by atoms with E-state index < -0.39 is 0 Å². The molecule has 3 nitrogen and oxygen atoms in total. The van der Waals surface area contributed by atoms with E-state index in [1.807, 2.05) is 16.7 Å². The second kappa shape index (κ2) is 5.21. The van der Waals surface area contributed by atoms with Crippen LogP contribution in [-0.2, 0) is 4.79 Å². The molecule has 0 unspecified atom stereocenters. The summed E-state index contributed by atoms with van der Waals surface area (Å²) in [6, 6.07) is 0. The maximum absolute atomic E-state index is 11.8. The summed E-state index contributed by atoms with van der Waals surface area (Å²) in [5, 5.41) is 8.87. The predicted molar refractivity (Wildman–Crippen MR) is 61.8 cm³/mol. The Labute approximate surface area is 95.2 Å². The first kappa shape index (κ1) is 11.3. The Morgan fingerprint density at radius 1 is 1.27 bits per heavy atom. The van der Waals surface area contributed by atoms with Gasteiger partial charge in [-0.05, 0) is 30.3 Å². The van der Waals surface area contributed by atoms with Crippen molar-refractivity contribution in [1.29, 1.82) is 0 Å². The number of aliphatic hydroxyl groups is 1. The summed E-state index contributed by atoms with van der Waals surface area (Å²) < 4.78 is 0. The maximum atomic E-state index is 11.8. The third-order valence-electron chi connectivity index (χ3n) is 3.37. The molecule has 86 valence electrons. The Hall–Kier alpha value is -0.220. The monoisotopic (exact) mass is 229 g/mol. The number of hydrogen-bond donors (Lipinski definition) is 1. The van der Waals surface area contributed by atoms with Gasteiger partial charge in [0.05, 0.1) is 0 Å². The number of nitrogens with zero attached hydrogens (tertiary/aromatic N) is 1. The van der Waals surface area contributed by atoms with Gasteiger partial charge in [-0.3, -0.25) is 4.79 Å². The van der Waals surface area contributed by atoms with Gasteiger partial charge in [0, 0.05) is 32.0 Å². The Morgan fingerprint density at radius 3 is 2.53 bits per heavy atom. The molecule has 2 aliphatic heterocycles. The molecule has 0 bridgehead atoms. The molecule has 0 radical (unpaired) electrons. The Bertz CT molecular complexity index is 223. The van der Waals surface area contributed by atoms with Crippen molar-refractivity contribution in [1.82, 2.24) is 4.90 Å². The molecular formula is C11H19NO2S. The molecule has 0 aromatic carbocycles. The summed E-state index contributed by atoms with van der Waals surface area (Å²) in [4.78, 5) is 13.7. The minimum absolute atomic E-state index is 0.226. The molecule has 2 fully saturated rings. The molecule has 2 saturated heterocycles. The van der Waals surface area contributed by atoms with Crippen LogP contribution in [0, 0.1) is 11.8 Å². The van der Waals surface area contributed by atoms with Gasteiger partial charge < -0.3 is 10.0 Å². The van der Waals surface area contributed by atoms with Gasteiger partial charge in [0.25, 0.3) is 0 Å². The highest BCUT2D eigenvalue weighted by Gasteiger charge is 2.31. The predicted octanol–water partition coefficient (Wildman–Crippen LogP) is 0.970. The molecule has 1 amide bonds. The van der Waals surface area contributed by atoms with Crippen LogP contribution in [0.1, 0.15) is 19.3 Å². The van der Waals surface area contributed by atoms with Crippen LogP contribution in [0.3, 0.4) is 0 Å². The largest absolute Gasteiger partial charge is 0.396 e. The van der Waals surface area contributed by atoms with Gasteiger partial charge in [-0.25, -0.2) is 0 Å². The Kier molecular flexibility index (Phi) is 3.92. The molecule has 2 aliphatic rings. The lowest BCUT2D eigenvalue weighted by atomic mass is 9.95. The highest BCUT2D eigenvalue weighted by atomic mass is 32.2. The lowest BCUT2D eigenvalue weighted by molar-refractivity contribution is -0.139. The quantitative estimate of drug-likeness (QED) is 0.784. The molecule has 4 heteroatoms. The van der Waals surface area contributed by atoms with E-state index in [0.717, 1.165) is 19.5 Å². The second-order valence-electron chi connectivity index (χ2n) is 4.61. The number of thioether (sulfide) groups is 1. The fraction of sp³-hybridized carbons (Fsp3) is 0.909. The highest BCUT2D eigenvalue weighted by molar-refractivity contribution is 7.99. The third-order valence-corrected chi connectivity index (χ3v) is 4.42. The van der Waals surface area contributed by atoms with Crippen molar-refractivity contribution >= 4 is 17.7 Å². The first-order valence-corrected chi connectivity index (χ1v) is 6.91. The van der Waals surface area contributed by atoms with Gasteiger partial charge in [-0.15, -0.1) is 0 Å². The van der Waals surface area contributed by atoms with Crippen LogP contribution in [0.25, 0.3) is 0 Å². The fourth-order valence-electron chi connectivity index (χ4n) is 2.22. The highest BCUT2D eigenvalue weighted by Crippen LogP contribution is 2.27. The molecule has 2 heterocycles. The van der Waals surface area contributed by atoms with Crippen LogP contribution in [0.15, 0.2) is 0 Å². The second-order valence-corrected chi connectivity index (χ2v) is 5.83. The number of aliphatic hydroxyl groups excluding tert-OH is 1. The fourth-order valence-corrected chi connectivity index (χ4v) is 3.42. The molecule has 0 aromatic heterocycles. The molecule has 15 heavy (non-hydrogen) atoms. The zero-order valence-corrected chi connectivity index (χ0v) is 9.84. The van der Waals surface area contributed by atoms with Crippen LogP contribution in [0.5, 0.6) is 0 Å². The van der Waals surface area contributed by atoms with Crippen molar-refractivity contribution in [2.75, 3.05) is 31.2 Å². The van der Waals surface area contributed by atoms with Crippen molar-refractivity contribution in [2.45, 2.75) is 19.3 Å². The van der Waals surface area contributed by atoms with E-state index in [-0.39, 0.29) is 6.61 Å². The molecule has 1 N–H and O–H groups in total. The summed E-state index contributed by atoms with van der Waals surface area (Å²) in [5.41, 5.74) is 0. The van der Waals surface area contributed by atoms with Crippen molar-refractivity contribution in [3.63, 3.8) is 0 Å². The Balaban J connectivity index is 1.68. The number of rotatable bonds is 3. The maximum Gasteiger partial charge on any atom is 0.222 e. The number of carbonyl (C=O) groups is 1. The van der Waals surface area contributed by atoms with E-state index >= 15 is 0 Å². The number of likely N-dealkylation sites (tertiary alicyclic amines) is 1. The molecular weight excluding hydrogens is 210 g/mol. The summed E-state index contributed by atoms with van der Waals surface area (Å²) in [6.07, 6.45) is 3.14. The van der Waals surface area contributed by atoms with Gasteiger partial charge in [0.15, 0.2) is 0 Å². The number of amides is 1. The van der Waals surface area contributed by atoms with E-state index in [9.17, 15) is 4.79 Å². The van der Waals surface area contributed by atoms with E-state index in [0.29, 0.717) is 17.7 Å². The van der Waals surface area contributed by atoms with Crippen molar-refractivity contribution in [2.24, 2.45) is 11.8 Å². The zero-order valence-electron chi connectivity index (χ0n) is 9.02. The summed E-state index contributed by atoms with van der Waals surface area (Å²) >= 11 is 2.00. The van der Waals surface area contributed by atoms with Gasteiger partial charge in [0.2, 0.25) is 5.91 Å². The van der Waals surface area contributed by atoms with Crippen molar-refractivity contribution < 1.29 is 9.90 Å². The molecule has 0 spiro atoms. The lowest BCUT2D eigenvalue weighted by Crippen LogP contribution is -2.51. The van der Waals surface area contributed by atoms with E-state index in [2.05, 4.69) is 0 Å². The molecule has 0 aliphatic carbocycles. The van der Waals surface area contributed by atoms with Gasteiger partial charge in [-0.1, -0.05) is 0 Å². The number of carbonyl (C=O) groups excluding carboxylic acids is 1. The van der Waals surface area contributed by atoms with E-state index in [4.69, 9.17) is 5.11 Å². The van der Waals surface area contributed by atoms with Gasteiger partial charge in [-0.2, -0.15) is 11.8 Å². The van der Waals surface area contributed by atoms with Crippen LogP contribution >= 0.6 is 11.8 Å². The van der Waals surface area contributed by atoms with E-state index in [1.165, 1.54) is 24.3 Å². The van der Waals surface area contributed by atoms with Crippen LogP contribution < -0.4 is 0 Å². The summed E-state index contributed by atoms with van der Waals surface area (Å²) in [6.45, 7) is 1.78. The SMILES string of the molecule is O=C(CC1CCSCC1)N1CC(CO)C1. The van der Waals surface area contributed by atoms with Gasteiger partial charge in [0.1, 0.15) is 0 Å². The average molecular weight is 229 g/mol. The zero-order chi connectivity index (χ0) is 10.7. The lowest BCUT2D eigenvalue weighted by Gasteiger charge is -2.39. The first-order chi connectivity index (χ1) is 7.29. The smallest absolute Gasteiger partial charge is 0.222 e. The molecule has 0 aromatic rings. The van der Waals surface area contributed by atoms with Crippen LogP contribution in [-0.4, -0.2) is 47.1 Å². The van der Waals surface area contributed by atoms with Crippen LogP contribution in [0.4, 0.5) is 0 Å². The summed E-state index contributed by atoms with van der Waals surface area (Å²) in [7, 11) is 0. The minimum atomic E-state index is 0.226. The molecule has 0 atom stereocenters. The molecule has 0 saturated carbocycles. The third kappa shape index (κ3) is 2.88. The number of hydrogen-bond acceptors (Lipinski definition) is 3. The van der Waals surface area contributed by atoms with E-state index in [1.54, 1.807) is 0 Å². The topological polar surface area (TPSA) is 40.5 Å². The average Bonchev–Trinajstić information content (AvgIpc) is 2.17. The normalized spacial score (nSPS) is 23.9. The summed E-state index contributed by atoms with van der Waals surface area (Å²) in [5.74, 6) is 3.70. The standard InChI is InChI=1S/C11H19NO2S/c13-8-10-6-12(7-10)11(14)5-9-1-3-15-4-2-9/h9-10,13H,1-8H2. The Morgan fingerprint density at radius 2 is 1.93 bits per heavy atom. The minimum Gasteiger partial charge on any atom is -0.396 e. The van der Waals surface area contributed by atoms with Crippen LogP contribution in [0.2, 0.25) is 0 Å². The van der Waals surface area contributed by atoms with Crippen molar-refractivity contribution in [3.8, 4) is 0 Å². The van der Waals surface area contributed by atoms with Crippen molar-refractivity contribution in [3.05, 3.63) is 0 Å². The first-order valence-electron chi connectivity index (χ1n) is 5.76. The molecule has 2 rings (SSSR count).